The molecule has 0 bridgehead atoms. The van der Waals surface area contributed by atoms with Gasteiger partial charge in [-0.1, -0.05) is 0 Å². The molecule has 1 aromatic heterocycles. The zero-order valence-corrected chi connectivity index (χ0v) is 12.6. The van der Waals surface area contributed by atoms with Crippen LogP contribution in [0, 0.1) is 0 Å². The van der Waals surface area contributed by atoms with Gasteiger partial charge in [0.05, 0.1) is 15.9 Å². The predicted octanol–water partition coefficient (Wildman–Crippen LogP) is 1.44. The molecule has 1 aromatic carbocycles. The number of nitrogens with zero attached hydrogens (tertiary/aromatic N) is 2. The first-order valence-corrected chi connectivity index (χ1v) is 8.73. The van der Waals surface area contributed by atoms with Crippen molar-refractivity contribution >= 4 is 20.9 Å². The van der Waals surface area contributed by atoms with Crippen LogP contribution in [0.5, 0.6) is 0 Å². The number of piperidine rings is 1. The van der Waals surface area contributed by atoms with Gasteiger partial charge in [0.2, 0.25) is 0 Å². The Labute approximate surface area is 118 Å². The van der Waals surface area contributed by atoms with Crippen LogP contribution in [0.2, 0.25) is 0 Å². The van der Waals surface area contributed by atoms with Gasteiger partial charge in [0, 0.05) is 25.8 Å². The Morgan fingerprint density at radius 3 is 2.85 bits per heavy atom. The Hall–Kier alpha value is -1.40. The highest BCUT2D eigenvalue weighted by molar-refractivity contribution is 7.90. The average molecular weight is 293 g/mol. The third-order valence-corrected chi connectivity index (χ3v) is 5.09. The third kappa shape index (κ3) is 2.33. The fourth-order valence-electron chi connectivity index (χ4n) is 2.87. The van der Waals surface area contributed by atoms with Crippen molar-refractivity contribution in [1.29, 1.82) is 0 Å². The smallest absolute Gasteiger partial charge is 0.175 e. The van der Waals surface area contributed by atoms with Crippen molar-refractivity contribution in [1.82, 2.24) is 14.9 Å². The maximum Gasteiger partial charge on any atom is 0.175 e. The Morgan fingerprint density at radius 1 is 1.40 bits per heavy atom. The Balaban J connectivity index is 2.09. The predicted molar refractivity (Wildman–Crippen MR) is 78.7 cm³/mol. The number of hydrogen-bond donors (Lipinski definition) is 1. The van der Waals surface area contributed by atoms with Gasteiger partial charge in [-0.3, -0.25) is 0 Å². The summed E-state index contributed by atoms with van der Waals surface area (Å²) in [7, 11) is -1.18. The second-order valence-corrected chi connectivity index (χ2v) is 7.51. The van der Waals surface area contributed by atoms with Gasteiger partial charge in [-0.15, -0.1) is 0 Å². The summed E-state index contributed by atoms with van der Waals surface area (Å²) in [5.41, 5.74) is 1.74. The van der Waals surface area contributed by atoms with Gasteiger partial charge in [0.25, 0.3) is 0 Å². The Kier molecular flexibility index (Phi) is 3.30. The molecule has 1 aliphatic heterocycles. The van der Waals surface area contributed by atoms with Crippen LogP contribution in [0.1, 0.15) is 24.6 Å². The maximum atomic E-state index is 11.6. The second kappa shape index (κ2) is 4.86. The number of fused-ring (bicyclic) bond motifs is 1. The van der Waals surface area contributed by atoms with E-state index in [0.717, 1.165) is 42.8 Å². The first-order valence-electron chi connectivity index (χ1n) is 6.84. The van der Waals surface area contributed by atoms with Gasteiger partial charge in [0.1, 0.15) is 5.82 Å². The Morgan fingerprint density at radius 2 is 2.20 bits per heavy atom. The molecule has 0 aliphatic carbocycles. The second-order valence-electron chi connectivity index (χ2n) is 5.49. The van der Waals surface area contributed by atoms with E-state index in [2.05, 4.69) is 14.9 Å². The topological polar surface area (TPSA) is 64.0 Å². The van der Waals surface area contributed by atoms with Crippen LogP contribution in [0.15, 0.2) is 23.1 Å². The number of sulfone groups is 1. The fourth-order valence-corrected chi connectivity index (χ4v) is 3.51. The monoisotopic (exact) mass is 293 g/mol. The van der Waals surface area contributed by atoms with Crippen molar-refractivity contribution in [2.24, 2.45) is 7.05 Å². The van der Waals surface area contributed by atoms with Crippen molar-refractivity contribution in [2.45, 2.75) is 23.7 Å². The van der Waals surface area contributed by atoms with Gasteiger partial charge >= 0.3 is 0 Å². The molecule has 0 saturated carbocycles. The van der Waals surface area contributed by atoms with Crippen LogP contribution in [-0.4, -0.2) is 37.3 Å². The summed E-state index contributed by atoms with van der Waals surface area (Å²) in [5.74, 6) is 1.45. The van der Waals surface area contributed by atoms with Crippen LogP contribution in [0.25, 0.3) is 11.0 Å². The maximum absolute atomic E-state index is 11.6. The summed E-state index contributed by atoms with van der Waals surface area (Å²) >= 11 is 0. The van der Waals surface area contributed by atoms with Gasteiger partial charge in [0.15, 0.2) is 9.84 Å². The molecule has 0 amide bonds. The molecule has 0 spiro atoms. The number of imidazole rings is 1. The van der Waals surface area contributed by atoms with Gasteiger partial charge in [-0.05, 0) is 37.6 Å². The van der Waals surface area contributed by atoms with E-state index in [4.69, 9.17) is 0 Å². The zero-order chi connectivity index (χ0) is 14.3. The van der Waals surface area contributed by atoms with E-state index >= 15 is 0 Å². The molecule has 108 valence electrons. The largest absolute Gasteiger partial charge is 0.331 e. The molecule has 20 heavy (non-hydrogen) atoms. The normalized spacial score (nSPS) is 20.4. The summed E-state index contributed by atoms with van der Waals surface area (Å²) in [5, 5.41) is 3.39. The molecule has 5 nitrogen and oxygen atoms in total. The highest BCUT2D eigenvalue weighted by Crippen LogP contribution is 2.27. The van der Waals surface area contributed by atoms with Gasteiger partial charge in [-0.25, -0.2) is 13.4 Å². The molecule has 1 atom stereocenters. The van der Waals surface area contributed by atoms with Crippen LogP contribution in [0.4, 0.5) is 0 Å². The summed E-state index contributed by atoms with van der Waals surface area (Å²) in [6, 6.07) is 5.17. The lowest BCUT2D eigenvalue weighted by Crippen LogP contribution is -2.29. The average Bonchev–Trinajstić information content (AvgIpc) is 2.76. The summed E-state index contributed by atoms with van der Waals surface area (Å²) in [6.45, 7) is 2.01. The van der Waals surface area contributed by atoms with E-state index < -0.39 is 9.84 Å². The standard InChI is InChI=1S/C14H19N3O2S/c1-17-13-6-5-11(20(2,18)19)8-12(13)16-14(17)10-4-3-7-15-9-10/h5-6,8,10,15H,3-4,7,9H2,1-2H3. The van der Waals surface area contributed by atoms with Crippen molar-refractivity contribution < 1.29 is 8.42 Å². The molecule has 1 aliphatic rings. The Bertz CT molecular complexity index is 743. The van der Waals surface area contributed by atoms with Crippen LogP contribution in [-0.2, 0) is 16.9 Å². The first kappa shape index (κ1) is 13.6. The molecule has 0 radical (unpaired) electrons. The van der Waals surface area contributed by atoms with E-state index in [1.54, 1.807) is 12.1 Å². The van der Waals surface area contributed by atoms with Crippen molar-refractivity contribution in [3.63, 3.8) is 0 Å². The number of aryl methyl sites for hydroxylation is 1. The van der Waals surface area contributed by atoms with Crippen LogP contribution >= 0.6 is 0 Å². The fraction of sp³-hybridized carbons (Fsp3) is 0.500. The highest BCUT2D eigenvalue weighted by Gasteiger charge is 2.21. The van der Waals surface area contributed by atoms with E-state index in [0.29, 0.717) is 10.8 Å². The number of benzene rings is 1. The molecule has 1 saturated heterocycles. The van der Waals surface area contributed by atoms with E-state index in [9.17, 15) is 8.42 Å². The molecule has 1 unspecified atom stereocenters. The van der Waals surface area contributed by atoms with Gasteiger partial charge < -0.3 is 9.88 Å². The number of rotatable bonds is 2. The minimum Gasteiger partial charge on any atom is -0.331 e. The van der Waals surface area contributed by atoms with E-state index in [1.165, 1.54) is 6.26 Å². The van der Waals surface area contributed by atoms with Crippen LogP contribution < -0.4 is 5.32 Å². The molecule has 2 aromatic rings. The molecule has 6 heteroatoms. The minimum absolute atomic E-state index is 0.330. The molecule has 1 fully saturated rings. The lowest BCUT2D eigenvalue weighted by atomic mass is 9.99. The molecule has 2 heterocycles. The first-order chi connectivity index (χ1) is 9.47. The van der Waals surface area contributed by atoms with Crippen molar-refractivity contribution in [3.8, 4) is 0 Å². The molecular formula is C14H19N3O2S. The van der Waals surface area contributed by atoms with Crippen molar-refractivity contribution in [2.75, 3.05) is 19.3 Å². The zero-order valence-electron chi connectivity index (χ0n) is 11.8. The highest BCUT2D eigenvalue weighted by atomic mass is 32.2. The SMILES string of the molecule is Cn1c(C2CCCNC2)nc2cc(S(C)(=O)=O)ccc21. The number of aromatic nitrogens is 2. The van der Waals surface area contributed by atoms with E-state index in [-0.39, 0.29) is 0 Å². The summed E-state index contributed by atoms with van der Waals surface area (Å²) < 4.78 is 25.3. The lowest BCUT2D eigenvalue weighted by molar-refractivity contribution is 0.440. The summed E-state index contributed by atoms with van der Waals surface area (Å²) in [4.78, 5) is 5.00. The molecule has 3 rings (SSSR count). The molecule has 1 N–H and O–H groups in total. The lowest BCUT2D eigenvalue weighted by Gasteiger charge is -2.22. The quantitative estimate of drug-likeness (QED) is 0.910. The number of hydrogen-bond acceptors (Lipinski definition) is 4. The van der Waals surface area contributed by atoms with E-state index in [1.807, 2.05) is 13.1 Å². The summed E-state index contributed by atoms with van der Waals surface area (Å²) in [6.07, 6.45) is 3.51. The van der Waals surface area contributed by atoms with Crippen molar-refractivity contribution in [3.05, 3.63) is 24.0 Å². The van der Waals surface area contributed by atoms with Crippen LogP contribution in [0.3, 0.4) is 0 Å². The van der Waals surface area contributed by atoms with Gasteiger partial charge in [-0.2, -0.15) is 0 Å². The number of nitrogens with one attached hydrogen (secondary N) is 1. The molecular weight excluding hydrogens is 274 g/mol. The third-order valence-electron chi connectivity index (χ3n) is 3.98. The minimum atomic E-state index is -3.18.